The third-order valence-electron chi connectivity index (χ3n) is 5.58. The van der Waals surface area contributed by atoms with Gasteiger partial charge in [-0.2, -0.15) is 0 Å². The predicted octanol–water partition coefficient (Wildman–Crippen LogP) is 5.06. The molecular weight excluding hydrogens is 388 g/mol. The van der Waals surface area contributed by atoms with E-state index in [0.29, 0.717) is 17.9 Å². The monoisotopic (exact) mass is 414 g/mol. The van der Waals surface area contributed by atoms with Crippen molar-refractivity contribution in [2.75, 3.05) is 20.8 Å². The molecule has 1 aromatic heterocycles. The molecule has 4 aromatic rings. The molecule has 5 heteroatoms. The molecule has 0 bridgehead atoms. The van der Waals surface area contributed by atoms with Crippen LogP contribution < -0.4 is 14.8 Å². The van der Waals surface area contributed by atoms with Crippen LogP contribution in [-0.4, -0.2) is 31.7 Å². The van der Waals surface area contributed by atoms with Crippen molar-refractivity contribution in [3.05, 3.63) is 95.2 Å². The topological polar surface area (TPSA) is 63.4 Å². The van der Waals surface area contributed by atoms with Gasteiger partial charge >= 0.3 is 0 Å². The van der Waals surface area contributed by atoms with Crippen molar-refractivity contribution in [1.29, 1.82) is 0 Å². The van der Waals surface area contributed by atoms with Gasteiger partial charge in [-0.15, -0.1) is 0 Å². The summed E-state index contributed by atoms with van der Waals surface area (Å²) in [7, 11) is 3.23. The number of rotatable bonds is 7. The molecule has 0 radical (unpaired) electrons. The van der Waals surface area contributed by atoms with Crippen LogP contribution in [0.4, 0.5) is 0 Å². The highest BCUT2D eigenvalue weighted by Crippen LogP contribution is 2.31. The number of hydrogen-bond acceptors (Lipinski definition) is 3. The number of benzene rings is 3. The average molecular weight is 415 g/mol. The lowest BCUT2D eigenvalue weighted by Crippen LogP contribution is -2.29. The lowest BCUT2D eigenvalue weighted by atomic mass is 9.90. The molecule has 0 aliphatic carbocycles. The first-order valence-electron chi connectivity index (χ1n) is 10.2. The van der Waals surface area contributed by atoms with E-state index in [1.807, 2.05) is 67.7 Å². The van der Waals surface area contributed by atoms with Gasteiger partial charge in [0, 0.05) is 29.6 Å². The first kappa shape index (κ1) is 20.5. The van der Waals surface area contributed by atoms with Crippen LogP contribution in [0.15, 0.2) is 72.9 Å². The third kappa shape index (κ3) is 4.26. The van der Waals surface area contributed by atoms with E-state index in [0.717, 1.165) is 33.3 Å². The Morgan fingerprint density at radius 2 is 1.77 bits per heavy atom. The Hall–Kier alpha value is -3.73. The number of carbonyl (C=O) groups is 1. The van der Waals surface area contributed by atoms with Crippen LogP contribution in [0, 0.1) is 6.92 Å². The minimum absolute atomic E-state index is 0.0261. The number of para-hydroxylation sites is 1. The fourth-order valence-corrected chi connectivity index (χ4v) is 3.92. The van der Waals surface area contributed by atoms with E-state index in [2.05, 4.69) is 22.4 Å². The second-order valence-electron chi connectivity index (χ2n) is 7.53. The molecule has 0 aliphatic heterocycles. The lowest BCUT2D eigenvalue weighted by molar-refractivity contribution is 0.0949. The molecule has 0 aliphatic rings. The van der Waals surface area contributed by atoms with Gasteiger partial charge < -0.3 is 19.8 Å². The highest BCUT2D eigenvalue weighted by Gasteiger charge is 2.21. The number of nitrogens with one attached hydrogen (secondary N) is 2. The van der Waals surface area contributed by atoms with E-state index in [1.54, 1.807) is 14.2 Å². The summed E-state index contributed by atoms with van der Waals surface area (Å²) in [6.07, 6.45) is 2.03. The summed E-state index contributed by atoms with van der Waals surface area (Å²) in [5.74, 6) is 1.19. The zero-order valence-corrected chi connectivity index (χ0v) is 17.9. The van der Waals surface area contributed by atoms with Gasteiger partial charge in [0.2, 0.25) is 0 Å². The molecule has 2 N–H and O–H groups in total. The summed E-state index contributed by atoms with van der Waals surface area (Å²) in [5.41, 5.74) is 4.85. The summed E-state index contributed by atoms with van der Waals surface area (Å²) < 4.78 is 10.7. The summed E-state index contributed by atoms with van der Waals surface area (Å²) in [5, 5.41) is 4.26. The van der Waals surface area contributed by atoms with E-state index >= 15 is 0 Å². The van der Waals surface area contributed by atoms with Gasteiger partial charge in [0.25, 0.3) is 5.91 Å². The smallest absolute Gasteiger partial charge is 0.255 e. The number of hydrogen-bond donors (Lipinski definition) is 2. The van der Waals surface area contributed by atoms with Crippen LogP contribution in [-0.2, 0) is 0 Å². The molecule has 1 heterocycles. The normalized spacial score (nSPS) is 11.8. The molecule has 158 valence electrons. The van der Waals surface area contributed by atoms with E-state index < -0.39 is 0 Å². The van der Waals surface area contributed by atoms with Gasteiger partial charge in [-0.3, -0.25) is 4.79 Å². The molecule has 31 heavy (non-hydrogen) atoms. The van der Waals surface area contributed by atoms with Crippen LogP contribution in [0.3, 0.4) is 0 Å². The summed E-state index contributed by atoms with van der Waals surface area (Å²) >= 11 is 0. The van der Waals surface area contributed by atoms with Crippen molar-refractivity contribution in [2.45, 2.75) is 12.8 Å². The summed E-state index contributed by atoms with van der Waals surface area (Å²) in [6.45, 7) is 2.41. The van der Waals surface area contributed by atoms with Crippen LogP contribution in [0.25, 0.3) is 10.9 Å². The number of H-pyrrole nitrogens is 1. The minimum Gasteiger partial charge on any atom is -0.497 e. The van der Waals surface area contributed by atoms with E-state index in [1.165, 1.54) is 0 Å². The molecule has 1 atom stereocenters. The minimum atomic E-state index is -0.154. The Bertz CT molecular complexity index is 1190. The van der Waals surface area contributed by atoms with Gasteiger partial charge in [0.05, 0.1) is 19.8 Å². The van der Waals surface area contributed by atoms with Crippen LogP contribution in [0.1, 0.15) is 33.0 Å². The number of fused-ring (bicyclic) bond motifs is 1. The Kier molecular flexibility index (Phi) is 5.94. The van der Waals surface area contributed by atoms with Crippen molar-refractivity contribution in [3.63, 3.8) is 0 Å². The van der Waals surface area contributed by atoms with Crippen LogP contribution in [0.5, 0.6) is 11.5 Å². The van der Waals surface area contributed by atoms with Crippen molar-refractivity contribution in [2.24, 2.45) is 0 Å². The van der Waals surface area contributed by atoms with Crippen molar-refractivity contribution < 1.29 is 14.3 Å². The van der Waals surface area contributed by atoms with Gasteiger partial charge in [-0.1, -0.05) is 42.0 Å². The van der Waals surface area contributed by atoms with Gasteiger partial charge in [-0.05, 0) is 48.4 Å². The first-order chi connectivity index (χ1) is 15.1. The molecule has 0 fully saturated rings. The van der Waals surface area contributed by atoms with Crippen LogP contribution in [0.2, 0.25) is 0 Å². The molecule has 1 amide bonds. The summed E-state index contributed by atoms with van der Waals surface area (Å²) in [4.78, 5) is 16.4. The fraction of sp³-hybridized carbons (Fsp3) is 0.192. The molecule has 4 rings (SSSR count). The highest BCUT2D eigenvalue weighted by molar-refractivity contribution is 5.97. The number of amides is 1. The van der Waals surface area contributed by atoms with Crippen molar-refractivity contribution in [3.8, 4) is 11.5 Å². The number of methoxy groups -OCH3 is 2. The zero-order chi connectivity index (χ0) is 21.8. The summed E-state index contributed by atoms with van der Waals surface area (Å²) in [6, 6.07) is 21.8. The molecule has 1 unspecified atom stereocenters. The van der Waals surface area contributed by atoms with E-state index in [-0.39, 0.29) is 11.8 Å². The number of carbonyl (C=O) groups excluding carboxylic acids is 1. The molecule has 0 saturated carbocycles. The second kappa shape index (κ2) is 8.96. The quantitative estimate of drug-likeness (QED) is 0.445. The first-order valence-corrected chi connectivity index (χ1v) is 10.2. The Morgan fingerprint density at radius 3 is 2.52 bits per heavy atom. The maximum atomic E-state index is 13.0. The lowest BCUT2D eigenvalue weighted by Gasteiger charge is -2.19. The van der Waals surface area contributed by atoms with E-state index in [9.17, 15) is 4.79 Å². The maximum Gasteiger partial charge on any atom is 0.255 e. The zero-order valence-electron chi connectivity index (χ0n) is 17.9. The Morgan fingerprint density at radius 1 is 1.00 bits per heavy atom. The molecular formula is C26H26N2O3. The SMILES string of the molecule is COc1ccc(C(CNC(=O)c2cc(C)ccc2OC)c2c[nH]c3ccccc23)cc1. The van der Waals surface area contributed by atoms with E-state index in [4.69, 9.17) is 9.47 Å². The predicted molar refractivity (Wildman–Crippen MR) is 123 cm³/mol. The fourth-order valence-electron chi connectivity index (χ4n) is 3.92. The van der Waals surface area contributed by atoms with Gasteiger partial charge in [-0.25, -0.2) is 0 Å². The van der Waals surface area contributed by atoms with Gasteiger partial charge in [0.1, 0.15) is 11.5 Å². The molecule has 5 nitrogen and oxygen atoms in total. The molecule has 3 aromatic carbocycles. The number of aromatic nitrogens is 1. The third-order valence-corrected chi connectivity index (χ3v) is 5.58. The Balaban J connectivity index is 1.66. The number of ether oxygens (including phenoxy) is 2. The molecule has 0 saturated heterocycles. The molecule has 0 spiro atoms. The average Bonchev–Trinajstić information content (AvgIpc) is 3.23. The Labute approximate surface area is 182 Å². The maximum absolute atomic E-state index is 13.0. The second-order valence-corrected chi connectivity index (χ2v) is 7.53. The van der Waals surface area contributed by atoms with Crippen molar-refractivity contribution in [1.82, 2.24) is 10.3 Å². The highest BCUT2D eigenvalue weighted by atomic mass is 16.5. The van der Waals surface area contributed by atoms with Crippen LogP contribution >= 0.6 is 0 Å². The number of aryl methyl sites for hydroxylation is 1. The van der Waals surface area contributed by atoms with Gasteiger partial charge in [0.15, 0.2) is 0 Å². The van der Waals surface area contributed by atoms with Crippen molar-refractivity contribution >= 4 is 16.8 Å². The largest absolute Gasteiger partial charge is 0.497 e. The number of aromatic amines is 1. The standard InChI is InChI=1S/C26H26N2O3/c1-17-8-13-25(31-3)21(14-17)26(29)28-15-22(18-9-11-19(30-2)12-10-18)23-16-27-24-7-5-4-6-20(23)24/h4-14,16,22,27H,15H2,1-3H3,(H,28,29).